The van der Waals surface area contributed by atoms with Gasteiger partial charge in [-0.15, -0.1) is 11.3 Å². The summed E-state index contributed by atoms with van der Waals surface area (Å²) in [6, 6.07) is 12.1. The summed E-state index contributed by atoms with van der Waals surface area (Å²) < 4.78 is 0.797. The predicted molar refractivity (Wildman–Crippen MR) is 103 cm³/mol. The molecule has 2 heterocycles. The Morgan fingerprint density at radius 1 is 1.12 bits per heavy atom. The van der Waals surface area contributed by atoms with Gasteiger partial charge in [-0.3, -0.25) is 19.9 Å². The van der Waals surface area contributed by atoms with Crippen molar-refractivity contribution in [2.24, 2.45) is 5.73 Å². The van der Waals surface area contributed by atoms with Gasteiger partial charge >= 0.3 is 6.03 Å². The number of hydrogen-bond donors (Lipinski definition) is 2. The molecule has 3 rings (SSSR count). The number of hydrogen-bond acceptors (Lipinski definition) is 5. The van der Waals surface area contributed by atoms with Gasteiger partial charge in [-0.05, 0) is 17.7 Å². The third-order valence-corrected chi connectivity index (χ3v) is 5.61. The molecule has 1 aliphatic heterocycles. The maximum atomic E-state index is 12.5. The Morgan fingerprint density at radius 2 is 1.81 bits per heavy atom. The Kier molecular flexibility index (Phi) is 6.26. The minimum Gasteiger partial charge on any atom is -0.351 e. The molecule has 0 radical (unpaired) electrons. The molecule has 26 heavy (non-hydrogen) atoms. The molecule has 138 valence electrons. The molecule has 1 aromatic heterocycles. The lowest BCUT2D eigenvalue weighted by molar-refractivity contribution is -0.126. The summed E-state index contributed by atoms with van der Waals surface area (Å²) in [5.41, 5.74) is 5.99. The van der Waals surface area contributed by atoms with Crippen LogP contribution in [0.15, 0.2) is 42.5 Å². The number of carbonyl (C=O) groups excluding carboxylic acids is 2. The molecule has 1 aliphatic rings. The number of carbonyl (C=O) groups is 2. The number of halogens is 1. The molecule has 3 N–H and O–H groups in total. The second-order valence-electron chi connectivity index (χ2n) is 6.18. The molecule has 0 aliphatic carbocycles. The summed E-state index contributed by atoms with van der Waals surface area (Å²) in [5, 5.41) is 2.22. The minimum atomic E-state index is -0.829. The van der Waals surface area contributed by atoms with E-state index in [1.807, 2.05) is 42.5 Å². The molecule has 1 aromatic carbocycles. The average Bonchev–Trinajstić information content (AvgIpc) is 3.02. The molecule has 0 saturated carbocycles. The van der Waals surface area contributed by atoms with Gasteiger partial charge in [0, 0.05) is 37.6 Å². The van der Waals surface area contributed by atoms with E-state index >= 15 is 0 Å². The molecule has 1 saturated heterocycles. The van der Waals surface area contributed by atoms with Crippen molar-refractivity contribution < 1.29 is 9.59 Å². The van der Waals surface area contributed by atoms with Crippen LogP contribution in [0.25, 0.3) is 0 Å². The van der Waals surface area contributed by atoms with Crippen LogP contribution in [0, 0.1) is 0 Å². The monoisotopic (exact) mass is 392 g/mol. The van der Waals surface area contributed by atoms with Crippen molar-refractivity contribution in [2.75, 3.05) is 26.2 Å². The SMILES string of the molecule is NC(=O)NC(=O)[C@@H](c1ccccc1)N1CCN(Cc2ccc(Cl)s2)CC1. The van der Waals surface area contributed by atoms with Gasteiger partial charge in [0.2, 0.25) is 5.91 Å². The van der Waals surface area contributed by atoms with Gasteiger partial charge in [0.05, 0.1) is 4.34 Å². The molecular weight excluding hydrogens is 372 g/mol. The Hall–Kier alpha value is -1.93. The number of imide groups is 1. The Labute approximate surface area is 161 Å². The Balaban J connectivity index is 1.66. The highest BCUT2D eigenvalue weighted by molar-refractivity contribution is 7.16. The third kappa shape index (κ3) is 4.82. The van der Waals surface area contributed by atoms with E-state index in [2.05, 4.69) is 15.1 Å². The highest BCUT2D eigenvalue weighted by atomic mass is 35.5. The van der Waals surface area contributed by atoms with Crippen LogP contribution in [-0.4, -0.2) is 47.9 Å². The number of urea groups is 1. The van der Waals surface area contributed by atoms with Crippen molar-refractivity contribution in [1.29, 1.82) is 0 Å². The first-order chi connectivity index (χ1) is 12.5. The maximum Gasteiger partial charge on any atom is 0.318 e. The molecule has 0 unspecified atom stereocenters. The molecule has 0 bridgehead atoms. The lowest BCUT2D eigenvalue weighted by Crippen LogP contribution is -2.51. The summed E-state index contributed by atoms with van der Waals surface area (Å²) in [4.78, 5) is 29.3. The van der Waals surface area contributed by atoms with Crippen molar-refractivity contribution in [3.63, 3.8) is 0 Å². The van der Waals surface area contributed by atoms with E-state index in [1.165, 1.54) is 4.88 Å². The molecule has 2 aromatic rings. The van der Waals surface area contributed by atoms with E-state index < -0.39 is 12.1 Å². The molecule has 3 amide bonds. The zero-order chi connectivity index (χ0) is 18.5. The quantitative estimate of drug-likeness (QED) is 0.819. The zero-order valence-electron chi connectivity index (χ0n) is 14.2. The summed E-state index contributed by atoms with van der Waals surface area (Å²) in [6.07, 6.45) is 0. The normalized spacial score (nSPS) is 17.0. The summed E-state index contributed by atoms with van der Waals surface area (Å²) in [7, 11) is 0. The highest BCUT2D eigenvalue weighted by Crippen LogP contribution is 2.25. The van der Waals surface area contributed by atoms with Crippen LogP contribution >= 0.6 is 22.9 Å². The zero-order valence-corrected chi connectivity index (χ0v) is 15.8. The standard InChI is InChI=1S/C18H21ClN4O2S/c19-15-7-6-14(26-15)12-22-8-10-23(11-9-22)16(17(24)21-18(20)25)13-4-2-1-3-5-13/h1-7,16H,8-12H2,(H3,20,21,24,25)/t16-/m1/s1. The molecular formula is C18H21ClN4O2S. The highest BCUT2D eigenvalue weighted by Gasteiger charge is 2.31. The number of piperazine rings is 1. The smallest absolute Gasteiger partial charge is 0.318 e. The van der Waals surface area contributed by atoms with Crippen LogP contribution in [0.2, 0.25) is 4.34 Å². The summed E-state index contributed by atoms with van der Waals surface area (Å²) in [5.74, 6) is -0.387. The number of benzene rings is 1. The Morgan fingerprint density at radius 3 is 2.38 bits per heavy atom. The summed E-state index contributed by atoms with van der Waals surface area (Å²) in [6.45, 7) is 3.98. The van der Waals surface area contributed by atoms with Crippen LogP contribution in [0.1, 0.15) is 16.5 Å². The summed E-state index contributed by atoms with van der Waals surface area (Å²) >= 11 is 7.59. The maximum absolute atomic E-state index is 12.5. The van der Waals surface area contributed by atoms with Crippen LogP contribution < -0.4 is 11.1 Å². The van der Waals surface area contributed by atoms with Crippen molar-refractivity contribution in [3.05, 3.63) is 57.2 Å². The van der Waals surface area contributed by atoms with Crippen molar-refractivity contribution in [1.82, 2.24) is 15.1 Å². The second kappa shape index (κ2) is 8.64. The third-order valence-electron chi connectivity index (χ3n) is 4.39. The van der Waals surface area contributed by atoms with Crippen LogP contribution in [0.5, 0.6) is 0 Å². The lowest BCUT2D eigenvalue weighted by Gasteiger charge is -2.38. The molecule has 1 atom stereocenters. The van der Waals surface area contributed by atoms with Gasteiger partial charge in [-0.2, -0.15) is 0 Å². The van der Waals surface area contributed by atoms with Gasteiger partial charge in [-0.25, -0.2) is 4.79 Å². The average molecular weight is 393 g/mol. The van der Waals surface area contributed by atoms with Gasteiger partial charge in [0.1, 0.15) is 6.04 Å². The fraction of sp³-hybridized carbons (Fsp3) is 0.333. The number of nitrogens with one attached hydrogen (secondary N) is 1. The number of nitrogens with zero attached hydrogens (tertiary/aromatic N) is 2. The van der Waals surface area contributed by atoms with Crippen molar-refractivity contribution >= 4 is 34.9 Å². The van der Waals surface area contributed by atoms with E-state index in [0.29, 0.717) is 0 Å². The molecule has 8 heteroatoms. The molecule has 6 nitrogen and oxygen atoms in total. The number of primary amides is 1. The Bertz CT molecular complexity index is 760. The van der Waals surface area contributed by atoms with Gasteiger partial charge < -0.3 is 5.73 Å². The van der Waals surface area contributed by atoms with Crippen molar-refractivity contribution in [3.8, 4) is 0 Å². The fourth-order valence-corrected chi connectivity index (χ4v) is 4.32. The fourth-order valence-electron chi connectivity index (χ4n) is 3.19. The number of rotatable bonds is 5. The second-order valence-corrected chi connectivity index (χ2v) is 7.98. The first kappa shape index (κ1) is 18.8. The predicted octanol–water partition coefficient (Wildman–Crippen LogP) is 2.46. The first-order valence-electron chi connectivity index (χ1n) is 8.39. The molecule has 0 spiro atoms. The van der Waals surface area contributed by atoms with E-state index in [4.69, 9.17) is 17.3 Å². The first-order valence-corrected chi connectivity index (χ1v) is 9.58. The van der Waals surface area contributed by atoms with Gasteiger partial charge in [-0.1, -0.05) is 41.9 Å². The topological polar surface area (TPSA) is 78.7 Å². The van der Waals surface area contributed by atoms with Crippen LogP contribution in [0.3, 0.4) is 0 Å². The van der Waals surface area contributed by atoms with E-state index in [-0.39, 0.29) is 5.91 Å². The molecule has 1 fully saturated rings. The van der Waals surface area contributed by atoms with Gasteiger partial charge in [0.25, 0.3) is 0 Å². The largest absolute Gasteiger partial charge is 0.351 e. The number of amides is 3. The minimum absolute atomic E-state index is 0.387. The number of nitrogens with two attached hydrogens (primary N) is 1. The number of thiophene rings is 1. The van der Waals surface area contributed by atoms with E-state index in [9.17, 15) is 9.59 Å². The van der Waals surface area contributed by atoms with Crippen LogP contribution in [-0.2, 0) is 11.3 Å². The van der Waals surface area contributed by atoms with Crippen molar-refractivity contribution in [2.45, 2.75) is 12.6 Å². The lowest BCUT2D eigenvalue weighted by atomic mass is 10.0. The van der Waals surface area contributed by atoms with E-state index in [0.717, 1.165) is 42.6 Å². The van der Waals surface area contributed by atoms with E-state index in [1.54, 1.807) is 11.3 Å². The van der Waals surface area contributed by atoms with Gasteiger partial charge in [0.15, 0.2) is 0 Å². The van der Waals surface area contributed by atoms with Crippen LogP contribution in [0.4, 0.5) is 4.79 Å².